The highest BCUT2D eigenvalue weighted by molar-refractivity contribution is 7.09. The van der Waals surface area contributed by atoms with Crippen LogP contribution in [0.2, 0.25) is 0 Å². The van der Waals surface area contributed by atoms with E-state index >= 15 is 0 Å². The van der Waals surface area contributed by atoms with Gasteiger partial charge < -0.3 is 0 Å². The molecule has 0 saturated heterocycles. The molecule has 0 spiro atoms. The number of nitrogens with zero attached hydrogens (tertiary/aromatic N) is 3. The van der Waals surface area contributed by atoms with E-state index < -0.39 is 0 Å². The van der Waals surface area contributed by atoms with Crippen molar-refractivity contribution in [1.29, 1.82) is 5.26 Å². The molecule has 0 fully saturated rings. The third kappa shape index (κ3) is 2.44. The molecule has 0 amide bonds. The third-order valence-electron chi connectivity index (χ3n) is 1.82. The highest BCUT2D eigenvalue weighted by Gasteiger charge is 1.94. The monoisotopic (exact) mass is 225 g/mol. The van der Waals surface area contributed by atoms with Gasteiger partial charge in [-0.05, 0) is 18.9 Å². The standard InChI is InChI=1S/C12H7N3S/c1-9-15-12(8-16-9)3-2-10-4-11(5-13)7-14-6-10/h4,6-8H,1H3. The molecule has 0 atom stereocenters. The van der Waals surface area contributed by atoms with E-state index in [9.17, 15) is 0 Å². The van der Waals surface area contributed by atoms with Crippen LogP contribution in [0.5, 0.6) is 0 Å². The fraction of sp³-hybridized carbons (Fsp3) is 0.0833. The van der Waals surface area contributed by atoms with Gasteiger partial charge in [0.25, 0.3) is 0 Å². The summed E-state index contributed by atoms with van der Waals surface area (Å²) >= 11 is 1.57. The number of thiazole rings is 1. The molecule has 0 saturated carbocycles. The lowest BCUT2D eigenvalue weighted by atomic mass is 10.2. The zero-order valence-electron chi connectivity index (χ0n) is 8.56. The molecule has 0 unspecified atom stereocenters. The molecule has 0 radical (unpaired) electrons. The zero-order valence-corrected chi connectivity index (χ0v) is 9.38. The highest BCUT2D eigenvalue weighted by Crippen LogP contribution is 2.06. The van der Waals surface area contributed by atoms with E-state index in [1.165, 1.54) is 6.20 Å². The number of aromatic nitrogens is 2. The summed E-state index contributed by atoms with van der Waals surface area (Å²) in [6.45, 7) is 1.94. The Morgan fingerprint density at radius 1 is 1.25 bits per heavy atom. The zero-order chi connectivity index (χ0) is 11.4. The van der Waals surface area contributed by atoms with Crippen LogP contribution >= 0.6 is 11.3 Å². The Labute approximate surface area is 97.4 Å². The first-order valence-corrected chi connectivity index (χ1v) is 5.45. The van der Waals surface area contributed by atoms with E-state index in [-0.39, 0.29) is 0 Å². The molecule has 0 N–H and O–H groups in total. The molecule has 0 aromatic carbocycles. The van der Waals surface area contributed by atoms with Crippen LogP contribution in [0, 0.1) is 30.1 Å². The van der Waals surface area contributed by atoms with Gasteiger partial charge in [-0.25, -0.2) is 4.98 Å². The Morgan fingerprint density at radius 2 is 2.06 bits per heavy atom. The number of hydrogen-bond donors (Lipinski definition) is 0. The maximum absolute atomic E-state index is 8.70. The van der Waals surface area contributed by atoms with Crippen LogP contribution in [0.4, 0.5) is 0 Å². The van der Waals surface area contributed by atoms with Crippen LogP contribution < -0.4 is 0 Å². The summed E-state index contributed by atoms with van der Waals surface area (Å²) in [5.41, 5.74) is 2.00. The largest absolute Gasteiger partial charge is 0.262 e. The van der Waals surface area contributed by atoms with Crippen molar-refractivity contribution in [3.05, 3.63) is 45.7 Å². The molecule has 16 heavy (non-hydrogen) atoms. The summed E-state index contributed by atoms with van der Waals surface area (Å²) in [6, 6.07) is 3.73. The molecule has 0 aliphatic carbocycles. The maximum atomic E-state index is 8.70. The lowest BCUT2D eigenvalue weighted by Crippen LogP contribution is -1.82. The number of hydrogen-bond acceptors (Lipinski definition) is 4. The second-order valence-electron chi connectivity index (χ2n) is 3.08. The Balaban J connectivity index is 2.27. The van der Waals surface area contributed by atoms with Crippen molar-refractivity contribution < 1.29 is 0 Å². The molecule has 2 aromatic rings. The maximum Gasteiger partial charge on any atom is 0.124 e. The van der Waals surface area contributed by atoms with Crippen molar-refractivity contribution in [2.24, 2.45) is 0 Å². The topological polar surface area (TPSA) is 49.6 Å². The van der Waals surface area contributed by atoms with Gasteiger partial charge in [-0.15, -0.1) is 11.3 Å². The van der Waals surface area contributed by atoms with Gasteiger partial charge in [0, 0.05) is 23.3 Å². The predicted molar refractivity (Wildman–Crippen MR) is 61.8 cm³/mol. The predicted octanol–water partition coefficient (Wildman–Crippen LogP) is 2.12. The second-order valence-corrected chi connectivity index (χ2v) is 4.14. The lowest BCUT2D eigenvalue weighted by molar-refractivity contribution is 1.27. The molecule has 0 aliphatic rings. The minimum Gasteiger partial charge on any atom is -0.262 e. The molecular formula is C12H7N3S. The van der Waals surface area contributed by atoms with Gasteiger partial charge in [-0.2, -0.15) is 5.26 Å². The van der Waals surface area contributed by atoms with E-state index in [4.69, 9.17) is 5.26 Å². The minimum absolute atomic E-state index is 0.515. The molecule has 2 aromatic heterocycles. The smallest absolute Gasteiger partial charge is 0.124 e. The van der Waals surface area contributed by atoms with Gasteiger partial charge >= 0.3 is 0 Å². The average Bonchev–Trinajstić information content (AvgIpc) is 2.73. The number of aryl methyl sites for hydroxylation is 1. The number of rotatable bonds is 0. The summed E-state index contributed by atoms with van der Waals surface area (Å²) in [4.78, 5) is 8.16. The van der Waals surface area contributed by atoms with Crippen LogP contribution in [0.25, 0.3) is 0 Å². The van der Waals surface area contributed by atoms with Crippen molar-refractivity contribution in [2.75, 3.05) is 0 Å². The SMILES string of the molecule is Cc1nc(C#Cc2cncc(C#N)c2)cs1. The Hall–Kier alpha value is -2.17. The quantitative estimate of drug-likeness (QED) is 0.645. The summed E-state index contributed by atoms with van der Waals surface area (Å²) < 4.78 is 0. The number of nitriles is 1. The Bertz CT molecular complexity index is 611. The molecule has 0 aliphatic heterocycles. The first kappa shape index (κ1) is 10.4. The third-order valence-corrected chi connectivity index (χ3v) is 2.59. The first-order valence-electron chi connectivity index (χ1n) is 4.57. The molecule has 4 heteroatoms. The average molecular weight is 225 g/mol. The highest BCUT2D eigenvalue weighted by atomic mass is 32.1. The van der Waals surface area contributed by atoms with E-state index in [1.807, 2.05) is 18.4 Å². The van der Waals surface area contributed by atoms with Crippen LogP contribution in [0.1, 0.15) is 21.8 Å². The molecule has 3 nitrogen and oxygen atoms in total. The summed E-state index contributed by atoms with van der Waals surface area (Å²) in [7, 11) is 0. The minimum atomic E-state index is 0.515. The Kier molecular flexibility index (Phi) is 2.95. The fourth-order valence-electron chi connectivity index (χ4n) is 1.13. The first-order chi connectivity index (χ1) is 7.78. The van der Waals surface area contributed by atoms with E-state index in [0.717, 1.165) is 16.3 Å². The van der Waals surface area contributed by atoms with E-state index in [0.29, 0.717) is 5.56 Å². The molecule has 0 bridgehead atoms. The van der Waals surface area contributed by atoms with Gasteiger partial charge in [0.1, 0.15) is 11.8 Å². The summed E-state index contributed by atoms with van der Waals surface area (Å²) in [5, 5.41) is 11.6. The molecule has 2 rings (SSSR count). The molecule has 76 valence electrons. The van der Waals surface area contributed by atoms with Gasteiger partial charge in [0.2, 0.25) is 0 Å². The van der Waals surface area contributed by atoms with Gasteiger partial charge in [-0.1, -0.05) is 5.92 Å². The van der Waals surface area contributed by atoms with E-state index in [1.54, 1.807) is 23.6 Å². The van der Waals surface area contributed by atoms with Gasteiger partial charge in [0.05, 0.1) is 10.6 Å². The Morgan fingerprint density at radius 3 is 2.75 bits per heavy atom. The number of pyridine rings is 1. The van der Waals surface area contributed by atoms with Crippen molar-refractivity contribution >= 4 is 11.3 Å². The van der Waals surface area contributed by atoms with Gasteiger partial charge in [-0.3, -0.25) is 4.98 Å². The van der Waals surface area contributed by atoms with Crippen LogP contribution in [-0.4, -0.2) is 9.97 Å². The molecular weight excluding hydrogens is 218 g/mol. The fourth-order valence-corrected chi connectivity index (χ4v) is 1.67. The van der Waals surface area contributed by atoms with Crippen LogP contribution in [0.3, 0.4) is 0 Å². The lowest BCUT2D eigenvalue weighted by Gasteiger charge is -1.88. The van der Waals surface area contributed by atoms with Crippen molar-refractivity contribution in [3.63, 3.8) is 0 Å². The normalized spacial score (nSPS) is 9.00. The van der Waals surface area contributed by atoms with Gasteiger partial charge in [0.15, 0.2) is 0 Å². The summed E-state index contributed by atoms with van der Waals surface area (Å²) in [6.07, 6.45) is 3.14. The van der Waals surface area contributed by atoms with Crippen LogP contribution in [-0.2, 0) is 0 Å². The van der Waals surface area contributed by atoms with Crippen LogP contribution in [0.15, 0.2) is 23.8 Å². The van der Waals surface area contributed by atoms with E-state index in [2.05, 4.69) is 21.8 Å². The summed E-state index contributed by atoms with van der Waals surface area (Å²) in [5.74, 6) is 5.86. The second kappa shape index (κ2) is 4.57. The molecule has 2 heterocycles. The van der Waals surface area contributed by atoms with Crippen molar-refractivity contribution in [1.82, 2.24) is 9.97 Å². The van der Waals surface area contributed by atoms with Crippen molar-refractivity contribution in [3.8, 4) is 17.9 Å². The van der Waals surface area contributed by atoms with Crippen molar-refractivity contribution in [2.45, 2.75) is 6.92 Å².